The number of aromatic nitrogens is 1. The zero-order valence-corrected chi connectivity index (χ0v) is 17.2. The van der Waals surface area contributed by atoms with Gasteiger partial charge < -0.3 is 4.74 Å². The van der Waals surface area contributed by atoms with Crippen molar-refractivity contribution in [2.24, 2.45) is 0 Å². The highest BCUT2D eigenvalue weighted by Crippen LogP contribution is 2.32. The minimum Gasteiger partial charge on any atom is -0.376 e. The maximum Gasteiger partial charge on any atom is 0.233 e. The Bertz CT molecular complexity index is 1060. The van der Waals surface area contributed by atoms with Crippen LogP contribution < -0.4 is 4.90 Å². The zero-order valence-electron chi connectivity index (χ0n) is 16.4. The Labute approximate surface area is 172 Å². The molecule has 1 atom stereocenters. The molecule has 4 nitrogen and oxygen atoms in total. The van der Waals surface area contributed by atoms with Crippen molar-refractivity contribution in [2.75, 3.05) is 18.1 Å². The van der Waals surface area contributed by atoms with E-state index in [1.807, 2.05) is 32.0 Å². The molecular weight excluding hydrogens is 394 g/mol. The van der Waals surface area contributed by atoms with Gasteiger partial charge in [-0.1, -0.05) is 35.1 Å². The van der Waals surface area contributed by atoms with Gasteiger partial charge in [0.2, 0.25) is 5.91 Å². The van der Waals surface area contributed by atoms with E-state index >= 15 is 0 Å². The third-order valence-electron chi connectivity index (χ3n) is 5.18. The fraction of sp³-hybridized carbons (Fsp3) is 0.364. The summed E-state index contributed by atoms with van der Waals surface area (Å²) in [5.74, 6) is -1.51. The first kappa shape index (κ1) is 19.9. The molecule has 0 aliphatic carbocycles. The summed E-state index contributed by atoms with van der Waals surface area (Å²) in [6.45, 7) is 5.02. The summed E-state index contributed by atoms with van der Waals surface area (Å²) < 4.78 is 33.8. The molecule has 0 saturated carbocycles. The average Bonchev–Trinajstić information content (AvgIpc) is 3.31. The first-order chi connectivity index (χ1) is 13.9. The summed E-state index contributed by atoms with van der Waals surface area (Å²) in [7, 11) is 0. The van der Waals surface area contributed by atoms with Crippen LogP contribution in [0, 0.1) is 25.5 Å². The zero-order chi connectivity index (χ0) is 20.5. The van der Waals surface area contributed by atoms with Crippen LogP contribution in [0.5, 0.6) is 0 Å². The molecule has 152 valence electrons. The molecule has 0 spiro atoms. The van der Waals surface area contributed by atoms with E-state index in [9.17, 15) is 13.6 Å². The van der Waals surface area contributed by atoms with Crippen LogP contribution >= 0.6 is 11.3 Å². The molecule has 7 heteroatoms. The van der Waals surface area contributed by atoms with Crippen molar-refractivity contribution < 1.29 is 18.3 Å². The van der Waals surface area contributed by atoms with Crippen LogP contribution in [-0.2, 0) is 16.0 Å². The van der Waals surface area contributed by atoms with Crippen molar-refractivity contribution in [3.05, 3.63) is 58.7 Å². The van der Waals surface area contributed by atoms with E-state index in [-0.39, 0.29) is 23.9 Å². The van der Waals surface area contributed by atoms with Gasteiger partial charge in [-0.3, -0.25) is 9.69 Å². The van der Waals surface area contributed by atoms with Crippen molar-refractivity contribution in [2.45, 2.75) is 39.2 Å². The van der Waals surface area contributed by atoms with Crippen molar-refractivity contribution in [1.82, 2.24) is 4.98 Å². The lowest BCUT2D eigenvalue weighted by molar-refractivity contribution is -0.118. The third kappa shape index (κ3) is 4.31. The molecule has 1 aliphatic rings. The second-order valence-electron chi connectivity index (χ2n) is 7.48. The van der Waals surface area contributed by atoms with Crippen LogP contribution in [0.15, 0.2) is 30.3 Å². The number of amides is 1. The molecule has 2 heterocycles. The number of carbonyl (C=O) groups excluding carboxylic acids is 1. The first-order valence-electron chi connectivity index (χ1n) is 9.64. The van der Waals surface area contributed by atoms with E-state index in [0.717, 1.165) is 46.9 Å². The van der Waals surface area contributed by atoms with Crippen molar-refractivity contribution in [3.63, 3.8) is 0 Å². The summed E-state index contributed by atoms with van der Waals surface area (Å²) in [5, 5.41) is 0.370. The highest BCUT2D eigenvalue weighted by atomic mass is 32.1. The van der Waals surface area contributed by atoms with Gasteiger partial charge in [0.05, 0.1) is 23.8 Å². The van der Waals surface area contributed by atoms with Crippen LogP contribution in [-0.4, -0.2) is 30.1 Å². The molecule has 1 aromatic heterocycles. The van der Waals surface area contributed by atoms with E-state index in [4.69, 9.17) is 4.74 Å². The monoisotopic (exact) mass is 416 g/mol. The number of rotatable bonds is 5. The number of thiazole rings is 1. The molecule has 0 radical (unpaired) electrons. The van der Waals surface area contributed by atoms with E-state index in [0.29, 0.717) is 23.0 Å². The number of carbonyl (C=O) groups is 1. The minimum atomic E-state index is -0.721. The predicted octanol–water partition coefficient (Wildman–Crippen LogP) is 4.95. The van der Waals surface area contributed by atoms with Crippen LogP contribution in [0.25, 0.3) is 10.2 Å². The van der Waals surface area contributed by atoms with Gasteiger partial charge in [-0.25, -0.2) is 13.8 Å². The van der Waals surface area contributed by atoms with Crippen LogP contribution in [0.3, 0.4) is 0 Å². The molecule has 0 N–H and O–H groups in total. The summed E-state index contributed by atoms with van der Waals surface area (Å²) in [6, 6.07) is 8.05. The van der Waals surface area contributed by atoms with Crippen LogP contribution in [0.1, 0.15) is 29.5 Å². The molecule has 0 bridgehead atoms. The Morgan fingerprint density at radius 1 is 1.28 bits per heavy atom. The molecule has 4 rings (SSSR count). The number of ether oxygens (including phenoxy) is 1. The first-order valence-corrected chi connectivity index (χ1v) is 10.5. The summed E-state index contributed by atoms with van der Waals surface area (Å²) in [6.07, 6.45) is 1.95. The van der Waals surface area contributed by atoms with Gasteiger partial charge in [0.1, 0.15) is 11.3 Å². The Hall–Kier alpha value is -2.38. The number of anilines is 1. The van der Waals surface area contributed by atoms with E-state index in [2.05, 4.69) is 4.98 Å². The lowest BCUT2D eigenvalue weighted by Gasteiger charge is -2.23. The van der Waals surface area contributed by atoms with E-state index in [1.165, 1.54) is 6.07 Å². The second-order valence-corrected chi connectivity index (χ2v) is 8.49. The molecular formula is C22H22F2N2O2S. The number of hydrogen-bond acceptors (Lipinski definition) is 4. The average molecular weight is 416 g/mol. The van der Waals surface area contributed by atoms with Crippen LogP contribution in [0.4, 0.5) is 13.9 Å². The van der Waals surface area contributed by atoms with Gasteiger partial charge in [0, 0.05) is 12.7 Å². The molecule has 1 unspecified atom stereocenters. The largest absolute Gasteiger partial charge is 0.376 e. The Kier molecular flexibility index (Phi) is 5.61. The lowest BCUT2D eigenvalue weighted by atomic mass is 10.0. The fourth-order valence-corrected chi connectivity index (χ4v) is 4.67. The van der Waals surface area contributed by atoms with Gasteiger partial charge in [-0.05, 0) is 43.9 Å². The quantitative estimate of drug-likeness (QED) is 0.591. The van der Waals surface area contributed by atoms with Gasteiger partial charge in [-0.15, -0.1) is 0 Å². The van der Waals surface area contributed by atoms with E-state index < -0.39 is 11.6 Å². The van der Waals surface area contributed by atoms with Gasteiger partial charge >= 0.3 is 0 Å². The topological polar surface area (TPSA) is 42.4 Å². The van der Waals surface area contributed by atoms with Crippen molar-refractivity contribution in [1.29, 1.82) is 0 Å². The number of halogens is 2. The lowest BCUT2D eigenvalue weighted by Crippen LogP contribution is -2.38. The van der Waals surface area contributed by atoms with E-state index in [1.54, 1.807) is 4.90 Å². The molecule has 3 aromatic rings. The number of nitrogens with zero attached hydrogens (tertiary/aromatic N) is 2. The summed E-state index contributed by atoms with van der Waals surface area (Å²) in [5.41, 5.74) is 3.21. The highest BCUT2D eigenvalue weighted by Gasteiger charge is 2.27. The summed E-state index contributed by atoms with van der Waals surface area (Å²) >= 11 is 1.12. The normalized spacial score (nSPS) is 16.5. The number of fused-ring (bicyclic) bond motifs is 1. The molecule has 1 fully saturated rings. The highest BCUT2D eigenvalue weighted by molar-refractivity contribution is 7.22. The van der Waals surface area contributed by atoms with Crippen molar-refractivity contribution >= 4 is 32.6 Å². The Morgan fingerprint density at radius 3 is 2.83 bits per heavy atom. The molecule has 1 amide bonds. The smallest absolute Gasteiger partial charge is 0.233 e. The second kappa shape index (κ2) is 8.16. The predicted molar refractivity (Wildman–Crippen MR) is 110 cm³/mol. The van der Waals surface area contributed by atoms with Crippen LogP contribution in [0.2, 0.25) is 0 Å². The van der Waals surface area contributed by atoms with Gasteiger partial charge in [0.25, 0.3) is 0 Å². The van der Waals surface area contributed by atoms with Gasteiger partial charge in [0.15, 0.2) is 10.9 Å². The molecule has 1 saturated heterocycles. The number of aryl methyl sites for hydroxylation is 2. The standard InChI is InChI=1S/C22H22F2N2O2S/c1-13-5-6-15(14(2)8-13)9-20(27)26(12-17-4-3-7-28-17)22-25-21-18(24)10-16(23)11-19(21)29-22/h5-6,8,10-11,17H,3-4,7,9,12H2,1-2H3. The maximum atomic E-state index is 14.1. The molecule has 29 heavy (non-hydrogen) atoms. The Morgan fingerprint density at radius 2 is 2.10 bits per heavy atom. The van der Waals surface area contributed by atoms with Crippen molar-refractivity contribution in [3.8, 4) is 0 Å². The fourth-order valence-electron chi connectivity index (χ4n) is 3.64. The SMILES string of the molecule is Cc1ccc(CC(=O)N(CC2CCCO2)c2nc3c(F)cc(F)cc3s2)c(C)c1. The third-order valence-corrected chi connectivity index (χ3v) is 6.21. The molecule has 2 aromatic carbocycles. The number of benzene rings is 2. The van der Waals surface area contributed by atoms with Gasteiger partial charge in [-0.2, -0.15) is 0 Å². The number of hydrogen-bond donors (Lipinski definition) is 0. The summed E-state index contributed by atoms with van der Waals surface area (Å²) in [4.78, 5) is 19.1. The molecule has 1 aliphatic heterocycles. The minimum absolute atomic E-state index is 0.0772. The Balaban J connectivity index is 1.67. The maximum absolute atomic E-state index is 14.1.